The molecule has 4 fully saturated rings. The smallest absolute Gasteiger partial charge is 0.168 e. The van der Waals surface area contributed by atoms with Crippen LogP contribution in [-0.4, -0.2) is 55.6 Å². The monoisotopic (exact) mass is 294 g/mol. The fraction of sp³-hybridized carbons (Fsp3) is 1.00. The summed E-state index contributed by atoms with van der Waals surface area (Å²) >= 11 is 0. The van der Waals surface area contributed by atoms with Crippen LogP contribution in [0.15, 0.2) is 0 Å². The second-order valence-corrected chi connectivity index (χ2v) is 7.42. The lowest BCUT2D eigenvalue weighted by atomic mass is 9.84. The third-order valence-corrected chi connectivity index (χ3v) is 6.29. The number of hydrogen-bond acceptors (Lipinski definition) is 4. The summed E-state index contributed by atoms with van der Waals surface area (Å²) in [7, 11) is 0. The van der Waals surface area contributed by atoms with Crippen molar-refractivity contribution in [3.63, 3.8) is 0 Å². The van der Waals surface area contributed by atoms with Gasteiger partial charge >= 0.3 is 0 Å². The summed E-state index contributed by atoms with van der Waals surface area (Å²) in [5.41, 5.74) is 0. The maximum atomic E-state index is 5.85. The predicted octanol–water partition coefficient (Wildman–Crippen LogP) is 2.14. The van der Waals surface area contributed by atoms with Crippen LogP contribution in [0.4, 0.5) is 0 Å². The third kappa shape index (κ3) is 3.00. The number of rotatable bonds is 2. The van der Waals surface area contributed by atoms with Crippen LogP contribution in [0, 0.1) is 5.92 Å². The zero-order valence-electron chi connectivity index (χ0n) is 13.2. The first-order valence-electron chi connectivity index (χ1n) is 9.10. The van der Waals surface area contributed by atoms with Gasteiger partial charge in [-0.2, -0.15) is 0 Å². The Labute approximate surface area is 128 Å². The Bertz CT molecular complexity index is 333. The van der Waals surface area contributed by atoms with Crippen molar-refractivity contribution in [1.29, 1.82) is 0 Å². The molecule has 1 saturated carbocycles. The molecule has 1 atom stereocenters. The minimum absolute atomic E-state index is 0.192. The Hall–Kier alpha value is -0.160. The van der Waals surface area contributed by atoms with Gasteiger partial charge in [0.25, 0.3) is 0 Å². The normalized spacial score (nSPS) is 35.7. The first-order valence-corrected chi connectivity index (χ1v) is 9.10. The molecule has 3 aliphatic heterocycles. The van der Waals surface area contributed by atoms with E-state index in [-0.39, 0.29) is 5.79 Å². The molecule has 0 aromatic carbocycles. The number of hydrogen-bond donors (Lipinski definition) is 1. The lowest BCUT2D eigenvalue weighted by Crippen LogP contribution is -2.48. The Morgan fingerprint density at radius 3 is 2.24 bits per heavy atom. The van der Waals surface area contributed by atoms with E-state index >= 15 is 0 Å². The van der Waals surface area contributed by atoms with Gasteiger partial charge in [-0.3, -0.25) is 0 Å². The van der Waals surface area contributed by atoms with Gasteiger partial charge in [-0.05, 0) is 64.1 Å². The number of nitrogens with one attached hydrogen (secondary N) is 1. The van der Waals surface area contributed by atoms with Crippen molar-refractivity contribution >= 4 is 0 Å². The van der Waals surface area contributed by atoms with E-state index in [9.17, 15) is 0 Å². The molecule has 0 radical (unpaired) electrons. The van der Waals surface area contributed by atoms with Crippen LogP contribution in [-0.2, 0) is 9.47 Å². The summed E-state index contributed by atoms with van der Waals surface area (Å²) in [6.45, 7) is 5.45. The average molecular weight is 294 g/mol. The molecule has 0 aromatic heterocycles. The van der Waals surface area contributed by atoms with Crippen LogP contribution in [0.1, 0.15) is 51.4 Å². The molecule has 0 amide bonds. The zero-order chi connectivity index (χ0) is 14.1. The molecule has 4 aliphatic rings. The van der Waals surface area contributed by atoms with E-state index in [1.165, 1.54) is 58.2 Å². The first kappa shape index (κ1) is 14.4. The summed E-state index contributed by atoms with van der Waals surface area (Å²) in [6.07, 6.45) is 10.3. The van der Waals surface area contributed by atoms with Gasteiger partial charge in [-0.25, -0.2) is 0 Å². The van der Waals surface area contributed by atoms with Gasteiger partial charge in [0, 0.05) is 24.9 Å². The van der Waals surface area contributed by atoms with E-state index in [0.717, 1.165) is 44.1 Å². The average Bonchev–Trinajstić information content (AvgIpc) is 3.21. The molecule has 1 unspecified atom stereocenters. The highest BCUT2D eigenvalue weighted by Crippen LogP contribution is 2.38. The van der Waals surface area contributed by atoms with Crippen molar-refractivity contribution in [3.05, 3.63) is 0 Å². The quantitative estimate of drug-likeness (QED) is 0.846. The largest absolute Gasteiger partial charge is 0.348 e. The van der Waals surface area contributed by atoms with Gasteiger partial charge < -0.3 is 19.7 Å². The van der Waals surface area contributed by atoms with E-state index in [1.54, 1.807) is 0 Å². The molecule has 0 bridgehead atoms. The van der Waals surface area contributed by atoms with Crippen LogP contribution in [0.25, 0.3) is 0 Å². The second kappa shape index (κ2) is 6.15. The molecule has 3 saturated heterocycles. The molecule has 4 heteroatoms. The van der Waals surface area contributed by atoms with Crippen molar-refractivity contribution in [1.82, 2.24) is 10.2 Å². The van der Waals surface area contributed by atoms with Crippen LogP contribution in [0.2, 0.25) is 0 Å². The molecule has 1 aliphatic carbocycles. The molecular formula is C17H30N2O2. The summed E-state index contributed by atoms with van der Waals surface area (Å²) in [6, 6.07) is 1.60. The highest BCUT2D eigenvalue weighted by molar-refractivity contribution is 4.91. The minimum atomic E-state index is -0.192. The molecule has 21 heavy (non-hydrogen) atoms. The van der Waals surface area contributed by atoms with Gasteiger partial charge in [0.2, 0.25) is 0 Å². The topological polar surface area (TPSA) is 33.7 Å². The van der Waals surface area contributed by atoms with Gasteiger partial charge in [0.15, 0.2) is 5.79 Å². The summed E-state index contributed by atoms with van der Waals surface area (Å²) < 4.78 is 11.7. The first-order chi connectivity index (χ1) is 10.3. The van der Waals surface area contributed by atoms with E-state index in [2.05, 4.69) is 10.2 Å². The van der Waals surface area contributed by atoms with Crippen molar-refractivity contribution in [3.8, 4) is 0 Å². The van der Waals surface area contributed by atoms with Crippen LogP contribution < -0.4 is 5.32 Å². The van der Waals surface area contributed by atoms with E-state index in [1.807, 2.05) is 0 Å². The molecule has 0 aromatic rings. The Kier molecular flexibility index (Phi) is 4.23. The van der Waals surface area contributed by atoms with Gasteiger partial charge in [-0.15, -0.1) is 0 Å². The van der Waals surface area contributed by atoms with Crippen molar-refractivity contribution < 1.29 is 9.47 Å². The molecule has 4 rings (SSSR count). The predicted molar refractivity (Wildman–Crippen MR) is 82.2 cm³/mol. The van der Waals surface area contributed by atoms with Crippen molar-refractivity contribution in [2.75, 3.05) is 32.8 Å². The van der Waals surface area contributed by atoms with Gasteiger partial charge in [0.1, 0.15) is 0 Å². The lowest BCUT2D eigenvalue weighted by molar-refractivity contribution is -0.184. The van der Waals surface area contributed by atoms with Gasteiger partial charge in [-0.1, -0.05) is 0 Å². The minimum Gasteiger partial charge on any atom is -0.348 e. The number of ether oxygens (including phenoxy) is 2. The molecular weight excluding hydrogens is 264 g/mol. The summed E-state index contributed by atoms with van der Waals surface area (Å²) in [5, 5.41) is 3.70. The molecule has 3 heterocycles. The van der Waals surface area contributed by atoms with Crippen LogP contribution in [0.5, 0.6) is 0 Å². The fourth-order valence-electron chi connectivity index (χ4n) is 4.99. The SMILES string of the molecule is C1CNC(C2CCN(C3CCC4(CC3)OCCO4)CC2)C1. The maximum Gasteiger partial charge on any atom is 0.168 e. The Balaban J connectivity index is 1.25. The van der Waals surface area contributed by atoms with Crippen molar-refractivity contribution in [2.45, 2.75) is 69.2 Å². The lowest BCUT2D eigenvalue weighted by Gasteiger charge is -2.43. The molecule has 1 spiro atoms. The zero-order valence-corrected chi connectivity index (χ0v) is 13.2. The number of likely N-dealkylation sites (tertiary alicyclic amines) is 1. The number of nitrogens with zero attached hydrogens (tertiary/aromatic N) is 1. The van der Waals surface area contributed by atoms with Gasteiger partial charge in [0.05, 0.1) is 13.2 Å². The molecule has 4 nitrogen and oxygen atoms in total. The second-order valence-electron chi connectivity index (χ2n) is 7.42. The van der Waals surface area contributed by atoms with E-state index in [0.29, 0.717) is 0 Å². The highest BCUT2D eigenvalue weighted by atomic mass is 16.7. The molecule has 1 N–H and O–H groups in total. The number of piperidine rings is 1. The third-order valence-electron chi connectivity index (χ3n) is 6.29. The standard InChI is InChI=1S/C17H30N2O2/c1-2-16(18-9-1)14-5-10-19(11-6-14)15-3-7-17(8-4-15)20-12-13-21-17/h14-16,18H,1-13H2. The van der Waals surface area contributed by atoms with Crippen LogP contribution >= 0.6 is 0 Å². The summed E-state index contributed by atoms with van der Waals surface area (Å²) in [4.78, 5) is 2.76. The maximum absolute atomic E-state index is 5.85. The Morgan fingerprint density at radius 2 is 1.62 bits per heavy atom. The van der Waals surface area contributed by atoms with Crippen LogP contribution in [0.3, 0.4) is 0 Å². The summed E-state index contributed by atoms with van der Waals surface area (Å²) in [5.74, 6) is 0.739. The fourth-order valence-corrected chi connectivity index (χ4v) is 4.99. The highest BCUT2D eigenvalue weighted by Gasteiger charge is 2.42. The van der Waals surface area contributed by atoms with E-state index in [4.69, 9.17) is 9.47 Å². The van der Waals surface area contributed by atoms with Crippen molar-refractivity contribution in [2.24, 2.45) is 5.92 Å². The molecule has 120 valence electrons. The van der Waals surface area contributed by atoms with E-state index < -0.39 is 0 Å². The Morgan fingerprint density at radius 1 is 0.905 bits per heavy atom.